The fraction of sp³-hybridized carbons (Fsp3) is 0.545. The maximum Gasteiger partial charge on any atom is 0.123 e. The molecule has 0 aromatic heterocycles. The Labute approximate surface area is 226 Å². The Morgan fingerprint density at radius 3 is 2.38 bits per heavy atom. The smallest absolute Gasteiger partial charge is 0.123 e. The minimum atomic E-state index is 0.392. The number of benzene rings is 2. The van der Waals surface area contributed by atoms with Crippen LogP contribution in [-0.4, -0.2) is 36.7 Å². The van der Waals surface area contributed by atoms with Crippen LogP contribution in [0.2, 0.25) is 0 Å². The lowest BCUT2D eigenvalue weighted by molar-refractivity contribution is 0.134. The third kappa shape index (κ3) is 12.0. The van der Waals surface area contributed by atoms with E-state index in [2.05, 4.69) is 100 Å². The summed E-state index contributed by atoms with van der Waals surface area (Å²) in [5.41, 5.74) is 3.66. The van der Waals surface area contributed by atoms with Gasteiger partial charge in [-0.3, -0.25) is 4.90 Å². The highest BCUT2D eigenvalue weighted by Gasteiger charge is 2.18. The van der Waals surface area contributed by atoms with E-state index in [0.717, 1.165) is 57.6 Å². The molecule has 0 unspecified atom stereocenters. The summed E-state index contributed by atoms with van der Waals surface area (Å²) in [5, 5.41) is 8.59. The Balaban J connectivity index is 2.00. The fourth-order valence-corrected chi connectivity index (χ4v) is 4.59. The van der Waals surface area contributed by atoms with E-state index in [1.54, 1.807) is 0 Å². The monoisotopic (exact) mass is 504 g/mol. The molecule has 2 aromatic rings. The van der Waals surface area contributed by atoms with Gasteiger partial charge in [0.1, 0.15) is 12.4 Å². The molecule has 4 heteroatoms. The van der Waals surface area contributed by atoms with E-state index >= 15 is 0 Å². The standard InChI is InChI=1S/C33H48N2O2/c1-27(2)35(28(3)4)22-20-29(5)32-25-30(15-11-14-24-36-23-13-7-6-12-21-34)18-19-33(32)37-26-31-16-9-8-10-17-31/h8-11,15-19,25,27-29H,6-7,12-14,20,22-24,26H2,1-5H3/b15-11+/t29-/m0/s1. The van der Waals surface area contributed by atoms with Gasteiger partial charge in [0, 0.05) is 25.1 Å². The molecule has 2 rings (SSSR count). The number of unbranched alkanes of at least 4 members (excludes halogenated alkanes) is 3. The van der Waals surface area contributed by atoms with Gasteiger partial charge in [-0.05, 0) is 94.7 Å². The zero-order valence-electron chi connectivity index (χ0n) is 23.8. The molecule has 0 saturated heterocycles. The van der Waals surface area contributed by atoms with Crippen LogP contribution in [0, 0.1) is 11.3 Å². The highest BCUT2D eigenvalue weighted by Crippen LogP contribution is 2.31. The fourth-order valence-electron chi connectivity index (χ4n) is 4.59. The molecule has 0 aliphatic carbocycles. The van der Waals surface area contributed by atoms with Gasteiger partial charge in [-0.2, -0.15) is 5.26 Å². The lowest BCUT2D eigenvalue weighted by atomic mass is 9.94. The third-order valence-corrected chi connectivity index (χ3v) is 6.77. The minimum absolute atomic E-state index is 0.392. The third-order valence-electron chi connectivity index (χ3n) is 6.77. The van der Waals surface area contributed by atoms with Gasteiger partial charge in [-0.25, -0.2) is 0 Å². The predicted molar refractivity (Wildman–Crippen MR) is 156 cm³/mol. The molecule has 0 bridgehead atoms. The summed E-state index contributed by atoms with van der Waals surface area (Å²) in [6.07, 6.45) is 10.1. The molecule has 37 heavy (non-hydrogen) atoms. The highest BCUT2D eigenvalue weighted by molar-refractivity contribution is 5.54. The topological polar surface area (TPSA) is 45.5 Å². The summed E-state index contributed by atoms with van der Waals surface area (Å²) in [6, 6.07) is 20.2. The van der Waals surface area contributed by atoms with Gasteiger partial charge >= 0.3 is 0 Å². The number of nitrogens with zero attached hydrogens (tertiary/aromatic N) is 2. The van der Waals surface area contributed by atoms with Crippen LogP contribution in [0.25, 0.3) is 6.08 Å². The van der Waals surface area contributed by atoms with E-state index in [-0.39, 0.29) is 0 Å². The Hall–Kier alpha value is -2.61. The van der Waals surface area contributed by atoms with Crippen LogP contribution in [0.1, 0.15) is 95.8 Å². The number of hydrogen-bond acceptors (Lipinski definition) is 4. The Bertz CT molecular complexity index is 939. The molecule has 0 fully saturated rings. The van der Waals surface area contributed by atoms with Crippen molar-refractivity contribution in [3.05, 3.63) is 71.3 Å². The van der Waals surface area contributed by atoms with Gasteiger partial charge in [-0.1, -0.05) is 61.9 Å². The molecule has 4 nitrogen and oxygen atoms in total. The maximum atomic E-state index is 8.59. The summed E-state index contributed by atoms with van der Waals surface area (Å²) < 4.78 is 12.1. The molecule has 2 aromatic carbocycles. The van der Waals surface area contributed by atoms with E-state index in [1.165, 1.54) is 16.7 Å². The van der Waals surface area contributed by atoms with Gasteiger partial charge in [0.25, 0.3) is 0 Å². The highest BCUT2D eigenvalue weighted by atomic mass is 16.5. The Kier molecular flexibility index (Phi) is 14.7. The first-order valence-corrected chi connectivity index (χ1v) is 14.1. The summed E-state index contributed by atoms with van der Waals surface area (Å²) in [4.78, 5) is 2.56. The first-order valence-electron chi connectivity index (χ1n) is 14.1. The van der Waals surface area contributed by atoms with E-state index < -0.39 is 0 Å². The van der Waals surface area contributed by atoms with Crippen LogP contribution in [0.4, 0.5) is 0 Å². The normalized spacial score (nSPS) is 12.5. The van der Waals surface area contributed by atoms with Gasteiger partial charge in [0.15, 0.2) is 0 Å². The van der Waals surface area contributed by atoms with E-state index in [1.807, 2.05) is 6.07 Å². The minimum Gasteiger partial charge on any atom is -0.489 e. The molecule has 0 heterocycles. The molecule has 0 radical (unpaired) electrons. The van der Waals surface area contributed by atoms with Crippen molar-refractivity contribution in [3.8, 4) is 11.8 Å². The van der Waals surface area contributed by atoms with Crippen LogP contribution >= 0.6 is 0 Å². The molecule has 202 valence electrons. The van der Waals surface area contributed by atoms with Crippen molar-refractivity contribution < 1.29 is 9.47 Å². The van der Waals surface area contributed by atoms with Crippen LogP contribution in [0.5, 0.6) is 5.75 Å². The van der Waals surface area contributed by atoms with Crippen molar-refractivity contribution in [2.75, 3.05) is 19.8 Å². The summed E-state index contributed by atoms with van der Waals surface area (Å²) in [7, 11) is 0. The molecular formula is C33H48N2O2. The van der Waals surface area contributed by atoms with E-state index in [4.69, 9.17) is 14.7 Å². The van der Waals surface area contributed by atoms with Crippen molar-refractivity contribution >= 4 is 6.08 Å². The zero-order chi connectivity index (χ0) is 26.9. The molecule has 0 amide bonds. The van der Waals surface area contributed by atoms with Gasteiger partial charge < -0.3 is 9.47 Å². The van der Waals surface area contributed by atoms with Crippen molar-refractivity contribution in [2.45, 2.75) is 97.8 Å². The number of hydrogen-bond donors (Lipinski definition) is 0. The van der Waals surface area contributed by atoms with Crippen molar-refractivity contribution in [1.82, 2.24) is 4.90 Å². The average Bonchev–Trinajstić information content (AvgIpc) is 2.89. The molecule has 1 atom stereocenters. The predicted octanol–water partition coefficient (Wildman–Crippen LogP) is 8.38. The van der Waals surface area contributed by atoms with Crippen LogP contribution in [0.3, 0.4) is 0 Å². The largest absolute Gasteiger partial charge is 0.489 e. The summed E-state index contributed by atoms with van der Waals surface area (Å²) >= 11 is 0. The van der Waals surface area contributed by atoms with Crippen LogP contribution in [0.15, 0.2) is 54.6 Å². The zero-order valence-corrected chi connectivity index (χ0v) is 23.8. The molecule has 0 aliphatic heterocycles. The lowest BCUT2D eigenvalue weighted by Gasteiger charge is -2.31. The molecule has 0 saturated carbocycles. The van der Waals surface area contributed by atoms with Crippen molar-refractivity contribution in [3.63, 3.8) is 0 Å². The van der Waals surface area contributed by atoms with Crippen molar-refractivity contribution in [2.24, 2.45) is 0 Å². The van der Waals surface area contributed by atoms with Gasteiger partial charge in [-0.15, -0.1) is 0 Å². The summed E-state index contributed by atoms with van der Waals surface area (Å²) in [6.45, 7) is 14.6. The SMILES string of the molecule is CC(C)N(CC[C@H](C)c1cc(/C=C/CCOCCCCCC#N)ccc1OCc1ccccc1)C(C)C. The molecule has 0 N–H and O–H groups in total. The quantitative estimate of drug-likeness (QED) is 0.191. The number of rotatable bonds is 18. The maximum absolute atomic E-state index is 8.59. The first-order chi connectivity index (χ1) is 17.9. The second-order valence-electron chi connectivity index (χ2n) is 10.5. The summed E-state index contributed by atoms with van der Waals surface area (Å²) in [5.74, 6) is 1.37. The first kappa shape index (κ1) is 30.6. The van der Waals surface area contributed by atoms with Gasteiger partial charge in [0.05, 0.1) is 12.7 Å². The Morgan fingerprint density at radius 1 is 0.919 bits per heavy atom. The van der Waals surface area contributed by atoms with E-state index in [9.17, 15) is 0 Å². The van der Waals surface area contributed by atoms with Crippen LogP contribution < -0.4 is 4.74 Å². The molecular weight excluding hydrogens is 456 g/mol. The van der Waals surface area contributed by atoms with Crippen LogP contribution in [-0.2, 0) is 11.3 Å². The molecule has 0 aliphatic rings. The second-order valence-corrected chi connectivity index (χ2v) is 10.5. The molecule has 0 spiro atoms. The Morgan fingerprint density at radius 2 is 1.68 bits per heavy atom. The second kappa shape index (κ2) is 17.8. The number of ether oxygens (including phenoxy) is 2. The average molecular weight is 505 g/mol. The lowest BCUT2D eigenvalue weighted by Crippen LogP contribution is -2.38. The van der Waals surface area contributed by atoms with Crippen molar-refractivity contribution in [1.29, 1.82) is 5.26 Å². The van der Waals surface area contributed by atoms with Gasteiger partial charge in [0.2, 0.25) is 0 Å². The van der Waals surface area contributed by atoms with E-state index in [0.29, 0.717) is 31.0 Å². The number of nitriles is 1.